The first-order chi connectivity index (χ1) is 9.47. The van der Waals surface area contributed by atoms with Crippen LogP contribution < -0.4 is 10.5 Å². The van der Waals surface area contributed by atoms with Crippen molar-refractivity contribution in [1.82, 2.24) is 0 Å². The lowest BCUT2D eigenvalue weighted by molar-refractivity contribution is 0.436. The second-order valence-corrected chi connectivity index (χ2v) is 5.91. The number of nitrogens with two attached hydrogens (primary N) is 1. The molecular formula is C15H14BrClFNO. The van der Waals surface area contributed by atoms with Gasteiger partial charge in [-0.3, -0.25) is 0 Å². The predicted molar refractivity (Wildman–Crippen MR) is 83.0 cm³/mol. The Kier molecular flexibility index (Phi) is 5.02. The Balaban J connectivity index is 2.35. The molecule has 106 valence electrons. The van der Waals surface area contributed by atoms with Gasteiger partial charge in [-0.15, -0.1) is 0 Å². The average Bonchev–Trinajstić information content (AvgIpc) is 2.37. The van der Waals surface area contributed by atoms with Crippen molar-refractivity contribution in [1.29, 1.82) is 0 Å². The van der Waals surface area contributed by atoms with Crippen LogP contribution in [0.2, 0.25) is 5.02 Å². The molecule has 2 rings (SSSR count). The highest BCUT2D eigenvalue weighted by atomic mass is 79.9. The molecular weight excluding hydrogens is 345 g/mol. The van der Waals surface area contributed by atoms with Crippen LogP contribution in [0.1, 0.15) is 12.5 Å². The molecule has 5 heteroatoms. The topological polar surface area (TPSA) is 35.2 Å². The lowest BCUT2D eigenvalue weighted by Gasteiger charge is -2.14. The van der Waals surface area contributed by atoms with Crippen LogP contribution in [0, 0.1) is 5.82 Å². The Labute approximate surface area is 130 Å². The van der Waals surface area contributed by atoms with Crippen molar-refractivity contribution < 1.29 is 9.13 Å². The minimum Gasteiger partial charge on any atom is -0.454 e. The van der Waals surface area contributed by atoms with Gasteiger partial charge in [0.1, 0.15) is 5.75 Å². The van der Waals surface area contributed by atoms with Gasteiger partial charge in [-0.25, -0.2) is 4.39 Å². The third-order valence-electron chi connectivity index (χ3n) is 2.70. The van der Waals surface area contributed by atoms with Crippen LogP contribution in [0.3, 0.4) is 0 Å². The molecule has 0 saturated heterocycles. The van der Waals surface area contributed by atoms with Crippen LogP contribution in [-0.2, 0) is 6.42 Å². The lowest BCUT2D eigenvalue weighted by atomic mass is 10.1. The quantitative estimate of drug-likeness (QED) is 0.841. The molecule has 2 aromatic carbocycles. The standard InChI is InChI=1S/C15H14BrClFNO/c1-9(19)7-10-8-11(16)5-6-13(10)20-14-4-2-3-12(17)15(14)18/h2-6,8-9H,7,19H2,1H3. The Hall–Kier alpha value is -1.10. The van der Waals surface area contributed by atoms with E-state index in [0.29, 0.717) is 12.2 Å². The summed E-state index contributed by atoms with van der Waals surface area (Å²) >= 11 is 9.15. The summed E-state index contributed by atoms with van der Waals surface area (Å²) in [6.45, 7) is 1.91. The number of benzene rings is 2. The summed E-state index contributed by atoms with van der Waals surface area (Å²) in [5, 5.41) is 0.0355. The predicted octanol–water partition coefficient (Wildman–Crippen LogP) is 4.92. The molecule has 0 heterocycles. The van der Waals surface area contributed by atoms with Crippen molar-refractivity contribution in [3.05, 3.63) is 57.3 Å². The van der Waals surface area contributed by atoms with Crippen LogP contribution in [0.5, 0.6) is 11.5 Å². The first-order valence-electron chi connectivity index (χ1n) is 6.13. The molecule has 2 N–H and O–H groups in total. The third-order valence-corrected chi connectivity index (χ3v) is 3.49. The smallest absolute Gasteiger partial charge is 0.184 e. The summed E-state index contributed by atoms with van der Waals surface area (Å²) < 4.78 is 20.4. The number of rotatable bonds is 4. The van der Waals surface area contributed by atoms with Crippen LogP contribution in [0.15, 0.2) is 40.9 Å². The summed E-state index contributed by atoms with van der Waals surface area (Å²) in [5.41, 5.74) is 6.74. The molecule has 2 aromatic rings. The second kappa shape index (κ2) is 6.57. The lowest BCUT2D eigenvalue weighted by Crippen LogP contribution is -2.18. The highest BCUT2D eigenvalue weighted by Crippen LogP contribution is 2.32. The fourth-order valence-corrected chi connectivity index (χ4v) is 2.41. The molecule has 1 atom stereocenters. The molecule has 0 fully saturated rings. The van der Waals surface area contributed by atoms with Gasteiger partial charge >= 0.3 is 0 Å². The van der Waals surface area contributed by atoms with Crippen LogP contribution >= 0.6 is 27.5 Å². The second-order valence-electron chi connectivity index (χ2n) is 4.59. The van der Waals surface area contributed by atoms with E-state index in [2.05, 4.69) is 15.9 Å². The summed E-state index contributed by atoms with van der Waals surface area (Å²) in [5.74, 6) is 0.112. The minimum absolute atomic E-state index is 0.0177. The van der Waals surface area contributed by atoms with Gasteiger partial charge in [-0.05, 0) is 49.2 Å². The zero-order valence-corrected chi connectivity index (χ0v) is 13.2. The number of hydrogen-bond donors (Lipinski definition) is 1. The monoisotopic (exact) mass is 357 g/mol. The van der Waals surface area contributed by atoms with E-state index in [1.165, 1.54) is 6.07 Å². The molecule has 2 nitrogen and oxygen atoms in total. The summed E-state index contributed by atoms with van der Waals surface area (Å²) in [4.78, 5) is 0. The first kappa shape index (κ1) is 15.3. The van der Waals surface area contributed by atoms with E-state index in [9.17, 15) is 4.39 Å². The van der Waals surface area contributed by atoms with E-state index in [0.717, 1.165) is 10.0 Å². The number of ether oxygens (including phenoxy) is 1. The first-order valence-corrected chi connectivity index (χ1v) is 7.30. The molecule has 0 bridgehead atoms. The Morgan fingerprint density at radius 3 is 2.75 bits per heavy atom. The van der Waals surface area contributed by atoms with Crippen LogP contribution in [0.4, 0.5) is 4.39 Å². The van der Waals surface area contributed by atoms with E-state index < -0.39 is 5.82 Å². The van der Waals surface area contributed by atoms with Crippen LogP contribution in [0.25, 0.3) is 0 Å². The van der Waals surface area contributed by atoms with Crippen molar-refractivity contribution in [3.63, 3.8) is 0 Å². The van der Waals surface area contributed by atoms with Gasteiger partial charge in [0.2, 0.25) is 0 Å². The van der Waals surface area contributed by atoms with E-state index in [4.69, 9.17) is 22.1 Å². The summed E-state index contributed by atoms with van der Waals surface area (Å²) in [6, 6.07) is 10.2. The molecule has 20 heavy (non-hydrogen) atoms. The summed E-state index contributed by atoms with van der Waals surface area (Å²) in [7, 11) is 0. The molecule has 0 aromatic heterocycles. The maximum absolute atomic E-state index is 13.9. The molecule has 0 aliphatic rings. The van der Waals surface area contributed by atoms with E-state index in [-0.39, 0.29) is 16.8 Å². The van der Waals surface area contributed by atoms with Crippen molar-refractivity contribution in [2.75, 3.05) is 0 Å². The van der Waals surface area contributed by atoms with Crippen molar-refractivity contribution in [2.45, 2.75) is 19.4 Å². The fourth-order valence-electron chi connectivity index (χ4n) is 1.84. The van der Waals surface area contributed by atoms with Gasteiger partial charge in [0.15, 0.2) is 11.6 Å². The van der Waals surface area contributed by atoms with Gasteiger partial charge in [-0.1, -0.05) is 33.6 Å². The number of halogens is 3. The van der Waals surface area contributed by atoms with E-state index in [1.807, 2.05) is 19.1 Å². The highest BCUT2D eigenvalue weighted by molar-refractivity contribution is 9.10. The molecule has 0 aliphatic carbocycles. The van der Waals surface area contributed by atoms with Gasteiger partial charge in [0, 0.05) is 10.5 Å². The Morgan fingerprint density at radius 1 is 1.30 bits per heavy atom. The molecule has 0 radical (unpaired) electrons. The van der Waals surface area contributed by atoms with Gasteiger partial charge in [-0.2, -0.15) is 0 Å². The average molecular weight is 359 g/mol. The van der Waals surface area contributed by atoms with Gasteiger partial charge < -0.3 is 10.5 Å². The molecule has 1 unspecified atom stereocenters. The van der Waals surface area contributed by atoms with E-state index >= 15 is 0 Å². The fraction of sp³-hybridized carbons (Fsp3) is 0.200. The van der Waals surface area contributed by atoms with E-state index in [1.54, 1.807) is 18.2 Å². The largest absolute Gasteiger partial charge is 0.454 e. The minimum atomic E-state index is -0.566. The maximum Gasteiger partial charge on any atom is 0.184 e. The normalized spacial score (nSPS) is 12.2. The maximum atomic E-state index is 13.9. The molecule has 0 aliphatic heterocycles. The van der Waals surface area contributed by atoms with Gasteiger partial charge in [0.05, 0.1) is 5.02 Å². The highest BCUT2D eigenvalue weighted by Gasteiger charge is 2.12. The molecule has 0 saturated carbocycles. The Morgan fingerprint density at radius 2 is 2.05 bits per heavy atom. The van der Waals surface area contributed by atoms with Crippen molar-refractivity contribution >= 4 is 27.5 Å². The van der Waals surface area contributed by atoms with Crippen LogP contribution in [-0.4, -0.2) is 6.04 Å². The molecule has 0 spiro atoms. The zero-order valence-electron chi connectivity index (χ0n) is 10.9. The Bertz CT molecular complexity index is 619. The van der Waals surface area contributed by atoms with Crippen molar-refractivity contribution in [2.24, 2.45) is 5.73 Å². The SMILES string of the molecule is CC(N)Cc1cc(Br)ccc1Oc1cccc(Cl)c1F. The molecule has 0 amide bonds. The zero-order chi connectivity index (χ0) is 14.7. The number of hydrogen-bond acceptors (Lipinski definition) is 2. The summed E-state index contributed by atoms with van der Waals surface area (Å²) in [6.07, 6.45) is 0.636. The third kappa shape index (κ3) is 3.72. The van der Waals surface area contributed by atoms with Crippen molar-refractivity contribution in [3.8, 4) is 11.5 Å². The van der Waals surface area contributed by atoms with Gasteiger partial charge in [0.25, 0.3) is 0 Å².